The molecule has 2 rings (SSSR count). The van der Waals surface area contributed by atoms with Crippen molar-refractivity contribution in [2.75, 3.05) is 7.11 Å². The molecule has 170 valence electrons. The zero-order valence-corrected chi connectivity index (χ0v) is 18.8. The highest BCUT2D eigenvalue weighted by Crippen LogP contribution is 2.28. The highest BCUT2D eigenvalue weighted by molar-refractivity contribution is 5.99. The standard InChI is InChI=1S/C24H28N2O6/c1-7-13-24(21(28)31-8-2,26-22(29)32-23(3,4)5)14-17-10-11-18-16(15-27)9-12-19(30-6)20(18)25-17/h7-12,15H,1-2,13-14H2,3-6H3,(H,26,29)/t24-/m0/s1. The molecule has 0 bridgehead atoms. The van der Waals surface area contributed by atoms with Crippen molar-refractivity contribution in [1.82, 2.24) is 10.3 Å². The summed E-state index contributed by atoms with van der Waals surface area (Å²) < 4.78 is 15.8. The predicted molar refractivity (Wildman–Crippen MR) is 121 cm³/mol. The molecule has 0 fully saturated rings. The minimum atomic E-state index is -1.55. The number of carbonyl (C=O) groups is 3. The number of esters is 1. The van der Waals surface area contributed by atoms with Crippen LogP contribution in [0.3, 0.4) is 0 Å². The molecular weight excluding hydrogens is 412 g/mol. The number of aromatic nitrogens is 1. The topological polar surface area (TPSA) is 104 Å². The Morgan fingerprint density at radius 2 is 1.88 bits per heavy atom. The zero-order chi connectivity index (χ0) is 23.9. The first-order valence-electron chi connectivity index (χ1n) is 9.95. The van der Waals surface area contributed by atoms with Crippen molar-refractivity contribution in [2.24, 2.45) is 0 Å². The largest absolute Gasteiger partial charge is 0.494 e. The Balaban J connectivity index is 2.56. The number of aldehydes is 1. The van der Waals surface area contributed by atoms with Crippen molar-refractivity contribution in [2.45, 2.75) is 44.8 Å². The first-order valence-corrected chi connectivity index (χ1v) is 9.95. The van der Waals surface area contributed by atoms with E-state index < -0.39 is 23.2 Å². The lowest BCUT2D eigenvalue weighted by Gasteiger charge is -2.32. The molecule has 0 aliphatic rings. The number of hydrogen-bond acceptors (Lipinski definition) is 7. The third kappa shape index (κ3) is 5.72. The van der Waals surface area contributed by atoms with E-state index in [1.807, 2.05) is 0 Å². The van der Waals surface area contributed by atoms with Gasteiger partial charge in [0.15, 0.2) is 6.29 Å². The van der Waals surface area contributed by atoms with Gasteiger partial charge in [-0.25, -0.2) is 14.6 Å². The molecule has 1 aromatic heterocycles. The van der Waals surface area contributed by atoms with Crippen molar-refractivity contribution >= 4 is 29.3 Å². The average molecular weight is 440 g/mol. The number of methoxy groups -OCH3 is 1. The van der Waals surface area contributed by atoms with E-state index in [4.69, 9.17) is 14.2 Å². The Morgan fingerprint density at radius 1 is 1.16 bits per heavy atom. The van der Waals surface area contributed by atoms with Gasteiger partial charge >= 0.3 is 12.1 Å². The maximum absolute atomic E-state index is 12.9. The van der Waals surface area contributed by atoms with Crippen LogP contribution >= 0.6 is 0 Å². The lowest BCUT2D eigenvalue weighted by molar-refractivity contribution is -0.145. The molecule has 1 amide bonds. The van der Waals surface area contributed by atoms with Crippen LogP contribution < -0.4 is 10.1 Å². The van der Waals surface area contributed by atoms with Gasteiger partial charge in [0.05, 0.1) is 13.4 Å². The second kappa shape index (κ2) is 10.1. The van der Waals surface area contributed by atoms with Gasteiger partial charge < -0.3 is 19.5 Å². The fourth-order valence-corrected chi connectivity index (χ4v) is 3.24. The summed E-state index contributed by atoms with van der Waals surface area (Å²) in [5.41, 5.74) is -0.954. The minimum Gasteiger partial charge on any atom is -0.494 e. The summed E-state index contributed by atoms with van der Waals surface area (Å²) in [6, 6.07) is 6.67. The minimum absolute atomic E-state index is 0.0324. The van der Waals surface area contributed by atoms with Gasteiger partial charge in [0.25, 0.3) is 0 Å². The van der Waals surface area contributed by atoms with E-state index in [1.54, 1.807) is 45.0 Å². The second-order valence-electron chi connectivity index (χ2n) is 8.12. The molecule has 2 aromatic rings. The number of nitrogens with zero attached hydrogens (tertiary/aromatic N) is 1. The summed E-state index contributed by atoms with van der Waals surface area (Å²) in [6.45, 7) is 12.3. The van der Waals surface area contributed by atoms with E-state index in [-0.39, 0.29) is 12.8 Å². The number of rotatable bonds is 9. The van der Waals surface area contributed by atoms with Gasteiger partial charge in [-0.3, -0.25) is 4.79 Å². The van der Waals surface area contributed by atoms with Gasteiger partial charge in [-0.1, -0.05) is 18.7 Å². The number of hydrogen-bond donors (Lipinski definition) is 1. The maximum atomic E-state index is 12.9. The molecule has 8 nitrogen and oxygen atoms in total. The summed E-state index contributed by atoms with van der Waals surface area (Å²) in [5, 5.41) is 3.24. The molecule has 1 atom stereocenters. The van der Waals surface area contributed by atoms with Crippen molar-refractivity contribution in [3.05, 3.63) is 61.0 Å². The van der Waals surface area contributed by atoms with Crippen LogP contribution in [0.4, 0.5) is 4.79 Å². The summed E-state index contributed by atoms with van der Waals surface area (Å²) in [4.78, 5) is 41.5. The zero-order valence-electron chi connectivity index (χ0n) is 18.8. The quantitative estimate of drug-likeness (QED) is 0.271. The number of fused-ring (bicyclic) bond motifs is 1. The number of pyridine rings is 1. The molecule has 0 saturated heterocycles. The first kappa shape index (κ1) is 24.6. The fourth-order valence-electron chi connectivity index (χ4n) is 3.24. The van der Waals surface area contributed by atoms with Gasteiger partial charge in [-0.2, -0.15) is 0 Å². The summed E-state index contributed by atoms with van der Waals surface area (Å²) >= 11 is 0. The van der Waals surface area contributed by atoms with E-state index in [9.17, 15) is 14.4 Å². The monoisotopic (exact) mass is 440 g/mol. The Kier molecular flexibility index (Phi) is 7.75. The van der Waals surface area contributed by atoms with Crippen LogP contribution in [0.25, 0.3) is 10.9 Å². The van der Waals surface area contributed by atoms with Gasteiger partial charge in [0.2, 0.25) is 0 Å². The van der Waals surface area contributed by atoms with Crippen molar-refractivity contribution < 1.29 is 28.6 Å². The lowest BCUT2D eigenvalue weighted by Crippen LogP contribution is -2.57. The van der Waals surface area contributed by atoms with Crippen LogP contribution in [0.5, 0.6) is 5.75 Å². The number of amides is 1. The molecule has 1 aromatic carbocycles. The van der Waals surface area contributed by atoms with E-state index in [0.717, 1.165) is 12.5 Å². The molecule has 32 heavy (non-hydrogen) atoms. The summed E-state index contributed by atoms with van der Waals surface area (Å²) in [5.74, 6) is -0.274. The van der Waals surface area contributed by atoms with Crippen LogP contribution in [-0.2, 0) is 20.7 Å². The van der Waals surface area contributed by atoms with Crippen LogP contribution in [0.2, 0.25) is 0 Å². The fraction of sp³-hybridized carbons (Fsp3) is 0.333. The third-order valence-electron chi connectivity index (χ3n) is 4.56. The van der Waals surface area contributed by atoms with Gasteiger partial charge in [-0.15, -0.1) is 6.58 Å². The SMILES string of the molecule is C=CC[C@@](Cc1ccc2c(C=O)ccc(OC)c2n1)(NC(=O)OC(C)(C)C)C(=O)OC=C. The van der Waals surface area contributed by atoms with Crippen LogP contribution in [0.1, 0.15) is 43.2 Å². The number of ether oxygens (including phenoxy) is 3. The van der Waals surface area contributed by atoms with E-state index in [0.29, 0.717) is 27.9 Å². The van der Waals surface area contributed by atoms with Crippen molar-refractivity contribution in [1.29, 1.82) is 0 Å². The molecule has 0 saturated carbocycles. The van der Waals surface area contributed by atoms with E-state index >= 15 is 0 Å². The molecular formula is C24H28N2O6. The Labute approximate surface area is 187 Å². The van der Waals surface area contributed by atoms with Crippen molar-refractivity contribution in [3.63, 3.8) is 0 Å². The first-order chi connectivity index (χ1) is 15.1. The molecule has 0 unspecified atom stereocenters. The number of alkyl carbamates (subject to hydrolysis) is 1. The van der Waals surface area contributed by atoms with Crippen LogP contribution in [0, 0.1) is 0 Å². The van der Waals surface area contributed by atoms with Gasteiger partial charge in [0.1, 0.15) is 22.4 Å². The van der Waals surface area contributed by atoms with Gasteiger partial charge in [-0.05, 0) is 45.4 Å². The summed E-state index contributed by atoms with van der Waals surface area (Å²) in [6.07, 6.45) is 2.44. The summed E-state index contributed by atoms with van der Waals surface area (Å²) in [7, 11) is 1.50. The molecule has 0 spiro atoms. The molecule has 1 heterocycles. The lowest BCUT2D eigenvalue weighted by atomic mass is 9.89. The van der Waals surface area contributed by atoms with Gasteiger partial charge in [0, 0.05) is 23.1 Å². The molecule has 8 heteroatoms. The second-order valence-corrected chi connectivity index (χ2v) is 8.12. The highest BCUT2D eigenvalue weighted by atomic mass is 16.6. The average Bonchev–Trinajstić information content (AvgIpc) is 2.71. The Bertz CT molecular complexity index is 1040. The smallest absolute Gasteiger partial charge is 0.408 e. The number of benzene rings is 1. The predicted octanol–water partition coefficient (Wildman–Crippen LogP) is 4.12. The number of nitrogens with one attached hydrogen (secondary N) is 1. The number of carbonyl (C=O) groups excluding carboxylic acids is 3. The highest BCUT2D eigenvalue weighted by Gasteiger charge is 2.42. The molecule has 0 aliphatic carbocycles. The normalized spacial score (nSPS) is 12.9. The molecule has 1 N–H and O–H groups in total. The van der Waals surface area contributed by atoms with E-state index in [1.165, 1.54) is 13.2 Å². The van der Waals surface area contributed by atoms with Crippen molar-refractivity contribution in [3.8, 4) is 5.75 Å². The van der Waals surface area contributed by atoms with Crippen LogP contribution in [0.15, 0.2) is 49.8 Å². The Morgan fingerprint density at radius 3 is 2.44 bits per heavy atom. The molecule has 0 aliphatic heterocycles. The Hall–Kier alpha value is -3.68. The third-order valence-corrected chi connectivity index (χ3v) is 4.56. The molecule has 0 radical (unpaired) electrons. The maximum Gasteiger partial charge on any atom is 0.408 e. The van der Waals surface area contributed by atoms with E-state index in [2.05, 4.69) is 23.5 Å². The van der Waals surface area contributed by atoms with Crippen LogP contribution in [-0.4, -0.2) is 41.6 Å².